The minimum atomic E-state index is -0.453. The molecule has 0 radical (unpaired) electrons. The zero-order valence-electron chi connectivity index (χ0n) is 7.66. The van der Waals surface area contributed by atoms with E-state index >= 15 is 0 Å². The van der Waals surface area contributed by atoms with E-state index in [0.717, 1.165) is 3.57 Å². The summed E-state index contributed by atoms with van der Waals surface area (Å²) in [7, 11) is 0. The predicted molar refractivity (Wildman–Crippen MR) is 64.3 cm³/mol. The number of urea groups is 1. The fourth-order valence-corrected chi connectivity index (χ4v) is 1.67. The van der Waals surface area contributed by atoms with E-state index in [0.29, 0.717) is 5.69 Å². The highest BCUT2D eigenvalue weighted by atomic mass is 127. The molecule has 76 valence electrons. The van der Waals surface area contributed by atoms with E-state index in [9.17, 15) is 9.59 Å². The average Bonchev–Trinajstić information content (AvgIpc) is 2.44. The summed E-state index contributed by atoms with van der Waals surface area (Å²) in [6.07, 6.45) is 0. The third kappa shape index (κ3) is 1.74. The summed E-state index contributed by atoms with van der Waals surface area (Å²) >= 11 is 2.17. The number of anilines is 1. The number of benzene rings is 1. The zero-order chi connectivity index (χ0) is 11.0. The highest BCUT2D eigenvalue weighted by molar-refractivity contribution is 14.1. The van der Waals surface area contributed by atoms with Gasteiger partial charge in [-0.2, -0.15) is 0 Å². The summed E-state index contributed by atoms with van der Waals surface area (Å²) in [5, 5.41) is 2.18. The molecule has 1 aromatic carbocycles. The molecule has 1 heterocycles. The summed E-state index contributed by atoms with van der Waals surface area (Å²) in [5.74, 6) is -0.446. The van der Waals surface area contributed by atoms with E-state index in [4.69, 9.17) is 0 Å². The Hall–Kier alpha value is -1.37. The standard InChI is InChI=1S/C10H7IN2O2/c1-6-9(14)12-10(15)13(6)8-4-2-7(11)3-5-8/h2-5H,1H2,(H,12,14,15). The Balaban J connectivity index is 2.39. The van der Waals surface area contributed by atoms with Crippen molar-refractivity contribution in [3.05, 3.63) is 40.1 Å². The van der Waals surface area contributed by atoms with Crippen molar-refractivity contribution in [1.29, 1.82) is 0 Å². The Morgan fingerprint density at radius 2 is 1.80 bits per heavy atom. The molecule has 1 fully saturated rings. The molecule has 1 N–H and O–H groups in total. The van der Waals surface area contributed by atoms with Crippen LogP contribution < -0.4 is 10.2 Å². The van der Waals surface area contributed by atoms with Crippen LogP contribution in [0.25, 0.3) is 0 Å². The van der Waals surface area contributed by atoms with E-state index in [1.165, 1.54) is 4.90 Å². The first-order valence-corrected chi connectivity index (χ1v) is 5.27. The summed E-state index contributed by atoms with van der Waals surface area (Å²) in [6.45, 7) is 3.56. The van der Waals surface area contributed by atoms with Crippen LogP contribution in [0, 0.1) is 3.57 Å². The van der Waals surface area contributed by atoms with Crippen LogP contribution in [0.15, 0.2) is 36.5 Å². The van der Waals surface area contributed by atoms with Crippen molar-refractivity contribution in [3.63, 3.8) is 0 Å². The molecule has 2 rings (SSSR count). The lowest BCUT2D eigenvalue weighted by atomic mass is 10.3. The molecule has 1 aliphatic rings. The molecule has 15 heavy (non-hydrogen) atoms. The lowest BCUT2D eigenvalue weighted by Gasteiger charge is -2.13. The topological polar surface area (TPSA) is 49.4 Å². The van der Waals surface area contributed by atoms with Crippen LogP contribution in [0.4, 0.5) is 10.5 Å². The largest absolute Gasteiger partial charge is 0.333 e. The number of nitrogens with one attached hydrogen (secondary N) is 1. The Morgan fingerprint density at radius 1 is 1.20 bits per heavy atom. The van der Waals surface area contributed by atoms with Gasteiger partial charge < -0.3 is 0 Å². The number of carbonyl (C=O) groups is 2. The van der Waals surface area contributed by atoms with Crippen molar-refractivity contribution in [2.45, 2.75) is 0 Å². The second kappa shape index (κ2) is 3.65. The second-order valence-corrected chi connectivity index (χ2v) is 4.26. The smallest absolute Gasteiger partial charge is 0.272 e. The monoisotopic (exact) mass is 314 g/mol. The van der Waals surface area contributed by atoms with Gasteiger partial charge >= 0.3 is 6.03 Å². The average molecular weight is 314 g/mol. The molecule has 0 aromatic heterocycles. The van der Waals surface area contributed by atoms with Crippen molar-refractivity contribution in [3.8, 4) is 0 Å². The van der Waals surface area contributed by atoms with Crippen LogP contribution in [0.5, 0.6) is 0 Å². The number of rotatable bonds is 1. The Kier molecular flexibility index (Phi) is 2.47. The maximum atomic E-state index is 11.4. The number of carbonyl (C=O) groups excluding carboxylic acids is 2. The van der Waals surface area contributed by atoms with Crippen LogP contribution in [-0.4, -0.2) is 11.9 Å². The molecule has 0 saturated carbocycles. The van der Waals surface area contributed by atoms with Gasteiger partial charge in [0.1, 0.15) is 5.70 Å². The quantitative estimate of drug-likeness (QED) is 0.489. The Labute approximate surface area is 100 Å². The van der Waals surface area contributed by atoms with Gasteiger partial charge in [0.05, 0.1) is 5.69 Å². The number of imide groups is 1. The fourth-order valence-electron chi connectivity index (χ4n) is 1.31. The van der Waals surface area contributed by atoms with Crippen LogP contribution in [-0.2, 0) is 4.79 Å². The minimum absolute atomic E-state index is 0.154. The Morgan fingerprint density at radius 3 is 2.27 bits per heavy atom. The van der Waals surface area contributed by atoms with Gasteiger partial charge in [-0.05, 0) is 46.9 Å². The van der Waals surface area contributed by atoms with Crippen LogP contribution >= 0.6 is 22.6 Å². The van der Waals surface area contributed by atoms with Gasteiger partial charge in [-0.1, -0.05) is 6.58 Å². The molecule has 1 aromatic rings. The number of hydrogen-bond acceptors (Lipinski definition) is 2. The molecule has 5 heteroatoms. The van der Waals surface area contributed by atoms with Crippen molar-refractivity contribution < 1.29 is 9.59 Å². The highest BCUT2D eigenvalue weighted by Crippen LogP contribution is 2.23. The molecule has 0 spiro atoms. The first kappa shape index (κ1) is 10.2. The summed E-state index contributed by atoms with van der Waals surface area (Å²) in [6, 6.07) is 6.81. The maximum absolute atomic E-state index is 11.4. The molecular formula is C10H7IN2O2. The molecule has 0 atom stereocenters. The second-order valence-electron chi connectivity index (χ2n) is 3.02. The van der Waals surface area contributed by atoms with Crippen molar-refractivity contribution in [2.75, 3.05) is 4.90 Å². The summed E-state index contributed by atoms with van der Waals surface area (Å²) in [4.78, 5) is 23.8. The minimum Gasteiger partial charge on any atom is -0.272 e. The first-order valence-electron chi connectivity index (χ1n) is 4.19. The van der Waals surface area contributed by atoms with Gasteiger partial charge in [0.25, 0.3) is 5.91 Å². The number of halogens is 1. The normalized spacial score (nSPS) is 15.8. The van der Waals surface area contributed by atoms with Gasteiger partial charge in [-0.3, -0.25) is 15.0 Å². The van der Waals surface area contributed by atoms with E-state index in [-0.39, 0.29) is 5.70 Å². The van der Waals surface area contributed by atoms with Gasteiger partial charge in [0.2, 0.25) is 0 Å². The number of amides is 3. The molecule has 1 saturated heterocycles. The SMILES string of the molecule is C=C1C(=O)NC(=O)N1c1ccc(I)cc1. The van der Waals surface area contributed by atoms with Crippen molar-refractivity contribution in [2.24, 2.45) is 0 Å². The molecule has 4 nitrogen and oxygen atoms in total. The predicted octanol–water partition coefficient (Wildman–Crippen LogP) is 1.86. The van der Waals surface area contributed by atoms with E-state index in [1.807, 2.05) is 12.1 Å². The van der Waals surface area contributed by atoms with E-state index < -0.39 is 11.9 Å². The third-order valence-electron chi connectivity index (χ3n) is 2.04. The molecule has 3 amide bonds. The molecule has 0 unspecified atom stereocenters. The van der Waals surface area contributed by atoms with E-state index in [1.54, 1.807) is 12.1 Å². The number of hydrogen-bond donors (Lipinski definition) is 1. The van der Waals surface area contributed by atoms with Gasteiger partial charge in [-0.15, -0.1) is 0 Å². The van der Waals surface area contributed by atoms with Crippen LogP contribution in [0.3, 0.4) is 0 Å². The lowest BCUT2D eigenvalue weighted by molar-refractivity contribution is -0.115. The highest BCUT2D eigenvalue weighted by Gasteiger charge is 2.32. The summed E-state index contributed by atoms with van der Waals surface area (Å²) in [5.41, 5.74) is 0.796. The third-order valence-corrected chi connectivity index (χ3v) is 2.76. The molecule has 0 aliphatic carbocycles. The van der Waals surface area contributed by atoms with Gasteiger partial charge in [0.15, 0.2) is 0 Å². The lowest BCUT2D eigenvalue weighted by Crippen LogP contribution is -2.27. The number of nitrogens with zero attached hydrogens (tertiary/aromatic N) is 1. The van der Waals surface area contributed by atoms with Gasteiger partial charge in [0, 0.05) is 3.57 Å². The first-order chi connectivity index (χ1) is 7.09. The fraction of sp³-hybridized carbons (Fsp3) is 0. The van der Waals surface area contributed by atoms with Crippen LogP contribution in [0.1, 0.15) is 0 Å². The van der Waals surface area contributed by atoms with Crippen molar-refractivity contribution in [1.82, 2.24) is 5.32 Å². The van der Waals surface area contributed by atoms with Gasteiger partial charge in [-0.25, -0.2) is 4.79 Å². The maximum Gasteiger partial charge on any atom is 0.333 e. The molecule has 1 aliphatic heterocycles. The van der Waals surface area contributed by atoms with Crippen LogP contribution in [0.2, 0.25) is 0 Å². The van der Waals surface area contributed by atoms with E-state index in [2.05, 4.69) is 34.5 Å². The zero-order valence-corrected chi connectivity index (χ0v) is 9.82. The summed E-state index contributed by atoms with van der Waals surface area (Å²) < 4.78 is 1.06. The van der Waals surface area contributed by atoms with Crippen molar-refractivity contribution >= 4 is 40.2 Å². The molecule has 0 bridgehead atoms. The molecular weight excluding hydrogens is 307 g/mol. The Bertz CT molecular complexity index is 453.